The minimum atomic E-state index is 0.105. The second-order valence-electron chi connectivity index (χ2n) is 14.9. The van der Waals surface area contributed by atoms with Gasteiger partial charge < -0.3 is 8.80 Å². The number of hydrogen-bond acceptors (Lipinski definition) is 1. The first-order valence-electron chi connectivity index (χ1n) is 17.2. The molecule has 0 spiro atoms. The number of fused-ring (bicyclic) bond motifs is 16. The lowest BCUT2D eigenvalue weighted by Gasteiger charge is -2.19. The van der Waals surface area contributed by atoms with E-state index in [0.717, 1.165) is 0 Å². The Hall–Kier alpha value is -5.64. The van der Waals surface area contributed by atoms with Gasteiger partial charge in [-0.05, 0) is 58.5 Å². The van der Waals surface area contributed by atoms with E-state index in [2.05, 4.69) is 157 Å². The minimum absolute atomic E-state index is 0.105. The van der Waals surface area contributed by atoms with E-state index < -0.39 is 0 Å². The molecule has 5 aromatic heterocycles. The Balaban J connectivity index is 1.31. The molecule has 0 amide bonds. The summed E-state index contributed by atoms with van der Waals surface area (Å²) in [5.41, 5.74) is 11.8. The summed E-state index contributed by atoms with van der Waals surface area (Å²) in [6.07, 6.45) is 0. The number of hydrogen-bond donors (Lipinski definition) is 0. The van der Waals surface area contributed by atoms with Crippen molar-refractivity contribution < 1.29 is 0 Å². The van der Waals surface area contributed by atoms with E-state index in [1.807, 2.05) is 11.3 Å². The van der Waals surface area contributed by atoms with Gasteiger partial charge in [-0.2, -0.15) is 0 Å². The summed E-state index contributed by atoms with van der Waals surface area (Å²) in [7, 11) is 0. The van der Waals surface area contributed by atoms with E-state index in [1.165, 1.54) is 113 Å². The van der Waals surface area contributed by atoms with Crippen molar-refractivity contribution in [3.63, 3.8) is 0 Å². The van der Waals surface area contributed by atoms with E-state index >= 15 is 0 Å². The van der Waals surface area contributed by atoms with Crippen LogP contribution in [0.4, 0.5) is 0 Å². The molecule has 0 atom stereocenters. The largest absolute Gasteiger partial charge is 0.308 e. The maximum Gasteiger partial charge on any atom is 0.0627 e. The van der Waals surface area contributed by atoms with E-state index in [1.54, 1.807) is 0 Å². The van der Waals surface area contributed by atoms with Crippen LogP contribution in [0.15, 0.2) is 127 Å². The fourth-order valence-electron chi connectivity index (χ4n) is 9.17. The second kappa shape index (κ2) is 8.68. The molecular weight excluding hydrogens is 613 g/mol. The summed E-state index contributed by atoms with van der Waals surface area (Å²) in [5.74, 6) is 0. The third-order valence-corrected chi connectivity index (χ3v) is 12.5. The Morgan fingerprint density at radius 2 is 1.12 bits per heavy atom. The molecule has 2 nitrogen and oxygen atoms in total. The highest BCUT2D eigenvalue weighted by atomic mass is 32.1. The molecule has 3 heteroatoms. The topological polar surface area (TPSA) is 8.82 Å². The molecule has 230 valence electrons. The molecular formula is C46H30N2S. The molecule has 0 aliphatic carbocycles. The van der Waals surface area contributed by atoms with Crippen molar-refractivity contribution in [3.8, 4) is 11.1 Å². The van der Waals surface area contributed by atoms with Crippen LogP contribution in [0.25, 0.3) is 107 Å². The van der Waals surface area contributed by atoms with Crippen LogP contribution in [-0.4, -0.2) is 8.80 Å². The van der Waals surface area contributed by atoms with E-state index in [4.69, 9.17) is 0 Å². The van der Waals surface area contributed by atoms with Crippen molar-refractivity contribution >= 4 is 108 Å². The summed E-state index contributed by atoms with van der Waals surface area (Å²) in [5, 5.41) is 13.4. The Labute approximate surface area is 285 Å². The molecule has 49 heavy (non-hydrogen) atoms. The quantitative estimate of drug-likeness (QED) is 0.168. The zero-order valence-electron chi connectivity index (χ0n) is 27.4. The van der Waals surface area contributed by atoms with Gasteiger partial charge in [0.15, 0.2) is 0 Å². The van der Waals surface area contributed by atoms with Gasteiger partial charge in [0.1, 0.15) is 0 Å². The molecule has 0 saturated heterocycles. The maximum atomic E-state index is 2.58. The molecule has 0 radical (unpaired) electrons. The molecule has 0 aliphatic rings. The molecule has 5 heterocycles. The average molecular weight is 643 g/mol. The van der Waals surface area contributed by atoms with E-state index in [-0.39, 0.29) is 5.41 Å². The predicted molar refractivity (Wildman–Crippen MR) is 213 cm³/mol. The fraction of sp³-hybridized carbons (Fsp3) is 0.0870. The standard InChI is InChI=1S/C46H30N2S/c1-46(2,3)26-17-15-25(16-18-26)27-19-20-32-42-36(21-22-40-43(42)31-10-5-7-14-39(31)49-40)48-38-23-33-30-12-8-11-29-28-9-4-6-13-35(28)47(44(29)30)37(33)24-34(38)41(27)45(32)48/h4-24H,1-3H3. The van der Waals surface area contributed by atoms with E-state index in [0.29, 0.717) is 0 Å². The van der Waals surface area contributed by atoms with Crippen LogP contribution < -0.4 is 0 Å². The van der Waals surface area contributed by atoms with Crippen molar-refractivity contribution in [1.82, 2.24) is 8.80 Å². The molecule has 0 N–H and O–H groups in total. The molecule has 12 aromatic rings. The van der Waals surface area contributed by atoms with Gasteiger partial charge in [0.25, 0.3) is 0 Å². The average Bonchev–Trinajstić information content (AvgIpc) is 3.91. The number of benzene rings is 7. The smallest absolute Gasteiger partial charge is 0.0627 e. The van der Waals surface area contributed by atoms with Gasteiger partial charge >= 0.3 is 0 Å². The Kier molecular flexibility index (Phi) is 4.66. The summed E-state index contributed by atoms with van der Waals surface area (Å²) in [6, 6.07) is 48.4. The molecule has 0 aliphatic heterocycles. The Bertz CT molecular complexity index is 3340. The third kappa shape index (κ3) is 3.13. The second-order valence-corrected chi connectivity index (χ2v) is 16.0. The zero-order chi connectivity index (χ0) is 32.3. The summed E-state index contributed by atoms with van der Waals surface area (Å²) in [4.78, 5) is 0. The summed E-state index contributed by atoms with van der Waals surface area (Å²) >= 11 is 1.90. The molecule has 0 bridgehead atoms. The van der Waals surface area contributed by atoms with Gasteiger partial charge in [0, 0.05) is 63.3 Å². The maximum absolute atomic E-state index is 2.58. The van der Waals surface area contributed by atoms with Crippen LogP contribution in [0.1, 0.15) is 26.3 Å². The highest BCUT2D eigenvalue weighted by Crippen LogP contribution is 2.50. The minimum Gasteiger partial charge on any atom is -0.308 e. The molecule has 0 fully saturated rings. The van der Waals surface area contributed by atoms with Gasteiger partial charge in [-0.25, -0.2) is 0 Å². The van der Waals surface area contributed by atoms with Crippen molar-refractivity contribution in [3.05, 3.63) is 133 Å². The lowest BCUT2D eigenvalue weighted by molar-refractivity contribution is 0.590. The van der Waals surface area contributed by atoms with Gasteiger partial charge in [0.2, 0.25) is 0 Å². The fourth-order valence-corrected chi connectivity index (χ4v) is 10.3. The van der Waals surface area contributed by atoms with Crippen LogP contribution in [0.3, 0.4) is 0 Å². The number of nitrogens with zero attached hydrogens (tertiary/aromatic N) is 2. The molecule has 0 unspecified atom stereocenters. The zero-order valence-corrected chi connectivity index (χ0v) is 28.2. The lowest BCUT2D eigenvalue weighted by Crippen LogP contribution is -2.10. The van der Waals surface area contributed by atoms with Gasteiger partial charge in [-0.1, -0.05) is 112 Å². The predicted octanol–water partition coefficient (Wildman–Crippen LogP) is 13.3. The first kappa shape index (κ1) is 26.3. The van der Waals surface area contributed by atoms with Crippen molar-refractivity contribution in [2.75, 3.05) is 0 Å². The van der Waals surface area contributed by atoms with Crippen LogP contribution in [0.2, 0.25) is 0 Å². The third-order valence-electron chi connectivity index (χ3n) is 11.3. The first-order chi connectivity index (χ1) is 24.0. The first-order valence-corrected chi connectivity index (χ1v) is 18.0. The Morgan fingerprint density at radius 1 is 0.429 bits per heavy atom. The Morgan fingerprint density at radius 3 is 1.96 bits per heavy atom. The summed E-state index contributed by atoms with van der Waals surface area (Å²) in [6.45, 7) is 6.87. The van der Waals surface area contributed by atoms with Crippen molar-refractivity contribution in [2.24, 2.45) is 0 Å². The van der Waals surface area contributed by atoms with Crippen LogP contribution in [-0.2, 0) is 5.41 Å². The molecule has 12 rings (SSSR count). The van der Waals surface area contributed by atoms with E-state index in [9.17, 15) is 0 Å². The van der Waals surface area contributed by atoms with Crippen LogP contribution in [0, 0.1) is 0 Å². The van der Waals surface area contributed by atoms with Crippen LogP contribution in [0.5, 0.6) is 0 Å². The number of thiophene rings is 1. The highest BCUT2D eigenvalue weighted by molar-refractivity contribution is 7.26. The normalized spacial score (nSPS) is 13.2. The number of aromatic nitrogens is 2. The SMILES string of the molecule is CC(C)(C)c1ccc(-c2ccc3c4c5c(ccc4n4c6cc7c8cccc9c%10ccccc%10n(c7cc6c2c34)c98)sc2ccccc25)cc1. The molecule has 0 saturated carbocycles. The van der Waals surface area contributed by atoms with Gasteiger partial charge in [0.05, 0.1) is 33.1 Å². The highest BCUT2D eigenvalue weighted by Gasteiger charge is 2.25. The van der Waals surface area contributed by atoms with Crippen molar-refractivity contribution in [2.45, 2.75) is 26.2 Å². The number of para-hydroxylation sites is 2. The van der Waals surface area contributed by atoms with Crippen molar-refractivity contribution in [1.29, 1.82) is 0 Å². The van der Waals surface area contributed by atoms with Gasteiger partial charge in [-0.3, -0.25) is 0 Å². The lowest BCUT2D eigenvalue weighted by atomic mass is 9.86. The molecule has 7 aromatic carbocycles. The van der Waals surface area contributed by atoms with Crippen LogP contribution >= 0.6 is 11.3 Å². The monoisotopic (exact) mass is 642 g/mol. The van der Waals surface area contributed by atoms with Gasteiger partial charge in [-0.15, -0.1) is 11.3 Å². The summed E-state index contributed by atoms with van der Waals surface area (Å²) < 4.78 is 7.80. The number of rotatable bonds is 1.